The monoisotopic (exact) mass is 328 g/mol. The first kappa shape index (κ1) is 15.1. The van der Waals surface area contributed by atoms with E-state index in [-0.39, 0.29) is 11.5 Å². The maximum Gasteiger partial charge on any atom is 0.228 e. The summed E-state index contributed by atoms with van der Waals surface area (Å²) in [6.07, 6.45) is 2.17. The molecule has 1 N–H and O–H groups in total. The molecule has 2 aliphatic heterocycles. The lowest BCUT2D eigenvalue weighted by Crippen LogP contribution is -2.56. The third-order valence-corrected chi connectivity index (χ3v) is 5.58. The van der Waals surface area contributed by atoms with Crippen LogP contribution in [0.25, 0.3) is 0 Å². The number of amides is 1. The van der Waals surface area contributed by atoms with Crippen LogP contribution in [-0.2, 0) is 20.7 Å². The van der Waals surface area contributed by atoms with E-state index in [1.807, 2.05) is 11.8 Å². The molecule has 0 saturated carbocycles. The average Bonchev–Trinajstić information content (AvgIpc) is 2.78. The van der Waals surface area contributed by atoms with E-state index < -0.39 is 0 Å². The average molecular weight is 328 g/mol. The summed E-state index contributed by atoms with van der Waals surface area (Å²) in [7, 11) is 0. The van der Waals surface area contributed by atoms with E-state index in [9.17, 15) is 4.79 Å². The largest absolute Gasteiger partial charge is 0.381 e. The van der Waals surface area contributed by atoms with Gasteiger partial charge in [0, 0.05) is 49.7 Å². The van der Waals surface area contributed by atoms with Gasteiger partial charge in [-0.1, -0.05) is 0 Å². The van der Waals surface area contributed by atoms with Crippen LogP contribution in [-0.4, -0.2) is 54.3 Å². The molecule has 0 aliphatic carbocycles. The van der Waals surface area contributed by atoms with Crippen LogP contribution in [0.1, 0.15) is 23.4 Å². The van der Waals surface area contributed by atoms with E-state index in [1.165, 1.54) is 11.3 Å². The van der Waals surface area contributed by atoms with Crippen LogP contribution in [0.3, 0.4) is 0 Å². The maximum absolute atomic E-state index is 12.6. The second-order valence-electron chi connectivity index (χ2n) is 5.70. The Bertz CT molecular complexity index is 570. The zero-order valence-corrected chi connectivity index (χ0v) is 13.8. The maximum atomic E-state index is 12.6. The number of nitrogens with zero attached hydrogens (tertiary/aromatic N) is 1. The number of nitrogens with one attached hydrogen (secondary N) is 1. The summed E-state index contributed by atoms with van der Waals surface area (Å²) >= 11 is 6.63. The van der Waals surface area contributed by atoms with Crippen LogP contribution >= 0.6 is 23.6 Å². The lowest BCUT2D eigenvalue weighted by molar-refractivity contribution is -0.167. The molecule has 2 saturated heterocycles. The Morgan fingerprint density at radius 3 is 2.86 bits per heavy atom. The number of carbonyl (C=O) groups excluding carboxylic acids is 1. The first-order valence-electron chi connectivity index (χ1n) is 7.26. The summed E-state index contributed by atoms with van der Waals surface area (Å²) in [4.78, 5) is 18.6. The van der Waals surface area contributed by atoms with Crippen molar-refractivity contribution in [2.75, 3.05) is 32.9 Å². The minimum absolute atomic E-state index is 0.164. The van der Waals surface area contributed by atoms with Crippen molar-refractivity contribution >= 4 is 29.5 Å². The Labute approximate surface area is 133 Å². The van der Waals surface area contributed by atoms with Crippen molar-refractivity contribution in [3.63, 3.8) is 0 Å². The molecule has 0 aromatic carbocycles. The van der Waals surface area contributed by atoms with E-state index in [1.54, 1.807) is 0 Å². The van der Waals surface area contributed by atoms with Crippen LogP contribution < -0.4 is 0 Å². The molecule has 2 aliphatic rings. The second kappa shape index (κ2) is 6.16. The minimum atomic E-state index is -0.189. The smallest absolute Gasteiger partial charge is 0.228 e. The van der Waals surface area contributed by atoms with E-state index in [4.69, 9.17) is 21.7 Å². The van der Waals surface area contributed by atoms with Gasteiger partial charge >= 0.3 is 0 Å². The lowest BCUT2D eigenvalue weighted by Gasteiger charge is -2.44. The number of aromatic amines is 1. The highest BCUT2D eigenvalue weighted by atomic mass is 32.1. The van der Waals surface area contributed by atoms with Crippen molar-refractivity contribution in [1.82, 2.24) is 9.88 Å². The van der Waals surface area contributed by atoms with Crippen LogP contribution in [0.2, 0.25) is 0 Å². The first-order chi connectivity index (χ1) is 10.1. The summed E-state index contributed by atoms with van der Waals surface area (Å²) < 4.78 is 12.1. The normalized spacial score (nSPS) is 21.7. The first-order valence-corrected chi connectivity index (χ1v) is 8.49. The van der Waals surface area contributed by atoms with Crippen molar-refractivity contribution in [2.24, 2.45) is 0 Å². The third-order valence-electron chi connectivity index (χ3n) is 4.24. The topological polar surface area (TPSA) is 54.6 Å². The molecule has 0 radical (unpaired) electrons. The van der Waals surface area contributed by atoms with Gasteiger partial charge in [-0.2, -0.15) is 0 Å². The van der Waals surface area contributed by atoms with Gasteiger partial charge < -0.3 is 19.4 Å². The van der Waals surface area contributed by atoms with Crippen LogP contribution in [0, 0.1) is 10.9 Å². The van der Waals surface area contributed by atoms with Gasteiger partial charge in [0.25, 0.3) is 0 Å². The summed E-state index contributed by atoms with van der Waals surface area (Å²) in [5, 5.41) is 0. The predicted molar refractivity (Wildman–Crippen MR) is 83.3 cm³/mol. The molecular weight excluding hydrogens is 308 g/mol. The van der Waals surface area contributed by atoms with E-state index in [0.717, 1.165) is 40.6 Å². The van der Waals surface area contributed by atoms with Crippen molar-refractivity contribution < 1.29 is 14.3 Å². The Kier molecular flexibility index (Phi) is 4.44. The molecule has 116 valence electrons. The van der Waals surface area contributed by atoms with Crippen LogP contribution in [0.15, 0.2) is 0 Å². The molecule has 1 aromatic rings. The number of ether oxygens (including phenoxy) is 2. The summed E-state index contributed by atoms with van der Waals surface area (Å²) in [5.41, 5.74) is 0.818. The highest BCUT2D eigenvalue weighted by molar-refractivity contribution is 7.73. The standard InChI is InChI=1S/C14H20N2O3S2/c1-10-11(21-13(20)15-10)8-12(17)16-4-7-19-14(9-16)2-5-18-6-3-14/h2-9H2,1H3,(H,15,20). The fraction of sp³-hybridized carbons (Fsp3) is 0.714. The van der Waals surface area contributed by atoms with Crippen molar-refractivity contribution in [3.8, 4) is 0 Å². The fourth-order valence-electron chi connectivity index (χ4n) is 2.96. The summed E-state index contributed by atoms with van der Waals surface area (Å²) in [5.74, 6) is 0.164. The number of hydrogen-bond donors (Lipinski definition) is 1. The highest BCUT2D eigenvalue weighted by Gasteiger charge is 2.39. The number of aromatic nitrogens is 1. The Hall–Kier alpha value is -0.760. The van der Waals surface area contributed by atoms with Crippen LogP contribution in [0.5, 0.6) is 0 Å². The molecule has 0 unspecified atom stereocenters. The minimum Gasteiger partial charge on any atom is -0.381 e. The molecule has 1 spiro atoms. The fourth-order valence-corrected chi connectivity index (χ4v) is 4.24. The van der Waals surface area contributed by atoms with E-state index in [0.29, 0.717) is 26.1 Å². The molecule has 0 atom stereocenters. The van der Waals surface area contributed by atoms with Crippen molar-refractivity contribution in [2.45, 2.75) is 31.8 Å². The number of thiazole rings is 1. The van der Waals surface area contributed by atoms with Gasteiger partial charge in [0.2, 0.25) is 5.91 Å². The predicted octanol–water partition coefficient (Wildman–Crippen LogP) is 2.06. The second-order valence-corrected chi connectivity index (χ2v) is 7.47. The van der Waals surface area contributed by atoms with Gasteiger partial charge in [-0.3, -0.25) is 4.79 Å². The highest BCUT2D eigenvalue weighted by Crippen LogP contribution is 2.29. The molecule has 7 heteroatoms. The third kappa shape index (κ3) is 3.36. The number of H-pyrrole nitrogens is 1. The number of rotatable bonds is 2. The Balaban J connectivity index is 1.67. The zero-order valence-electron chi connectivity index (χ0n) is 12.1. The molecule has 1 aromatic heterocycles. The number of morpholine rings is 1. The molecule has 0 bridgehead atoms. The molecule has 1 amide bonds. The molecule has 3 heterocycles. The summed E-state index contributed by atoms with van der Waals surface area (Å²) in [6, 6.07) is 0. The number of aryl methyl sites for hydroxylation is 1. The van der Waals surface area contributed by atoms with Gasteiger partial charge in [-0.15, -0.1) is 11.3 Å². The van der Waals surface area contributed by atoms with Gasteiger partial charge in [-0.05, 0) is 19.1 Å². The van der Waals surface area contributed by atoms with Gasteiger partial charge in [0.05, 0.1) is 18.6 Å². The number of hydrogen-bond acceptors (Lipinski definition) is 5. The van der Waals surface area contributed by atoms with Crippen molar-refractivity contribution in [3.05, 3.63) is 14.5 Å². The molecule has 5 nitrogen and oxygen atoms in total. The Morgan fingerprint density at radius 2 is 2.19 bits per heavy atom. The summed E-state index contributed by atoms with van der Waals surface area (Å²) in [6.45, 7) is 5.39. The quantitative estimate of drug-likeness (QED) is 0.845. The lowest BCUT2D eigenvalue weighted by atomic mass is 9.92. The SMILES string of the molecule is Cc1[nH]c(=S)sc1CC(=O)N1CCOC2(CCOCC2)C1. The van der Waals surface area contributed by atoms with Gasteiger partial charge in [0.15, 0.2) is 3.95 Å². The molecular formula is C14H20N2O3S2. The van der Waals surface area contributed by atoms with Crippen LogP contribution in [0.4, 0.5) is 0 Å². The molecule has 3 rings (SSSR count). The molecule has 21 heavy (non-hydrogen) atoms. The Morgan fingerprint density at radius 1 is 1.43 bits per heavy atom. The van der Waals surface area contributed by atoms with E-state index >= 15 is 0 Å². The zero-order chi connectivity index (χ0) is 14.9. The molecule has 2 fully saturated rings. The van der Waals surface area contributed by atoms with Gasteiger partial charge in [0.1, 0.15) is 0 Å². The van der Waals surface area contributed by atoms with Crippen molar-refractivity contribution in [1.29, 1.82) is 0 Å². The van der Waals surface area contributed by atoms with Gasteiger partial charge in [-0.25, -0.2) is 0 Å². The number of carbonyl (C=O) groups is 1. The van der Waals surface area contributed by atoms with E-state index in [2.05, 4.69) is 4.98 Å².